The Morgan fingerprint density at radius 1 is 1.20 bits per heavy atom. The minimum Gasteiger partial charge on any atom is -0.375 e. The molecule has 2 fully saturated rings. The van der Waals surface area contributed by atoms with Crippen LogP contribution in [0.3, 0.4) is 0 Å². The van der Waals surface area contributed by atoms with E-state index in [9.17, 15) is 0 Å². The second kappa shape index (κ2) is 5.28. The van der Waals surface area contributed by atoms with E-state index in [1.807, 2.05) is 7.05 Å². The molecule has 1 saturated heterocycles. The fourth-order valence-corrected chi connectivity index (χ4v) is 2.55. The summed E-state index contributed by atoms with van der Waals surface area (Å²) in [6.45, 7) is 5.88. The standard InChI is InChI=1S/C12H24N2O/c1-3-14-6-4-11(5-7-14)15-12-8-10(9-12)13-2/h10-13H,3-9H2,1-2H3. The van der Waals surface area contributed by atoms with Gasteiger partial charge in [0.25, 0.3) is 0 Å². The van der Waals surface area contributed by atoms with E-state index in [1.165, 1.54) is 45.3 Å². The molecular formula is C12H24N2O. The predicted octanol–water partition coefficient (Wildman–Crippen LogP) is 1.24. The van der Waals surface area contributed by atoms with Crippen molar-refractivity contribution < 1.29 is 4.74 Å². The maximum atomic E-state index is 6.09. The highest BCUT2D eigenvalue weighted by Gasteiger charge is 2.31. The molecule has 0 spiro atoms. The highest BCUT2D eigenvalue weighted by atomic mass is 16.5. The van der Waals surface area contributed by atoms with E-state index in [0.29, 0.717) is 18.2 Å². The van der Waals surface area contributed by atoms with Gasteiger partial charge in [-0.15, -0.1) is 0 Å². The molecule has 0 atom stereocenters. The molecule has 1 N–H and O–H groups in total. The average Bonchev–Trinajstić information content (AvgIpc) is 2.23. The molecular weight excluding hydrogens is 188 g/mol. The first-order valence-corrected chi connectivity index (χ1v) is 6.37. The summed E-state index contributed by atoms with van der Waals surface area (Å²) in [6.07, 6.45) is 5.97. The van der Waals surface area contributed by atoms with Crippen LogP contribution in [0.15, 0.2) is 0 Å². The molecule has 3 nitrogen and oxygen atoms in total. The topological polar surface area (TPSA) is 24.5 Å². The summed E-state index contributed by atoms with van der Waals surface area (Å²) >= 11 is 0. The lowest BCUT2D eigenvalue weighted by atomic mass is 9.89. The van der Waals surface area contributed by atoms with Gasteiger partial charge in [0.05, 0.1) is 12.2 Å². The number of nitrogens with one attached hydrogen (secondary N) is 1. The number of ether oxygens (including phenoxy) is 1. The van der Waals surface area contributed by atoms with Gasteiger partial charge in [-0.1, -0.05) is 6.92 Å². The Morgan fingerprint density at radius 2 is 1.87 bits per heavy atom. The van der Waals surface area contributed by atoms with Crippen LogP contribution in [-0.4, -0.2) is 49.8 Å². The van der Waals surface area contributed by atoms with Crippen LogP contribution in [0.4, 0.5) is 0 Å². The molecule has 1 aliphatic heterocycles. The van der Waals surface area contributed by atoms with E-state index in [1.54, 1.807) is 0 Å². The fraction of sp³-hybridized carbons (Fsp3) is 1.00. The third-order valence-electron chi connectivity index (χ3n) is 3.87. The Balaban J connectivity index is 1.61. The molecule has 2 rings (SSSR count). The molecule has 15 heavy (non-hydrogen) atoms. The van der Waals surface area contributed by atoms with Crippen molar-refractivity contribution in [2.24, 2.45) is 0 Å². The Labute approximate surface area is 93.2 Å². The van der Waals surface area contributed by atoms with E-state index in [0.717, 1.165) is 0 Å². The van der Waals surface area contributed by atoms with Crippen molar-refractivity contribution in [1.29, 1.82) is 0 Å². The molecule has 0 aromatic carbocycles. The third-order valence-corrected chi connectivity index (χ3v) is 3.87. The summed E-state index contributed by atoms with van der Waals surface area (Å²) in [6, 6.07) is 0.714. The molecule has 1 saturated carbocycles. The zero-order valence-corrected chi connectivity index (χ0v) is 10.0. The van der Waals surface area contributed by atoms with Gasteiger partial charge in [-0.25, -0.2) is 0 Å². The van der Waals surface area contributed by atoms with Crippen molar-refractivity contribution in [1.82, 2.24) is 10.2 Å². The summed E-state index contributed by atoms with van der Waals surface area (Å²) in [5.74, 6) is 0. The first kappa shape index (κ1) is 11.4. The van der Waals surface area contributed by atoms with Gasteiger partial charge < -0.3 is 15.0 Å². The first-order valence-electron chi connectivity index (χ1n) is 6.37. The van der Waals surface area contributed by atoms with Crippen LogP contribution in [0.5, 0.6) is 0 Å². The van der Waals surface area contributed by atoms with Gasteiger partial charge in [0.15, 0.2) is 0 Å². The van der Waals surface area contributed by atoms with Crippen molar-refractivity contribution in [3.8, 4) is 0 Å². The third kappa shape index (κ3) is 2.92. The molecule has 0 amide bonds. The Kier molecular flexibility index (Phi) is 4.00. The van der Waals surface area contributed by atoms with E-state index < -0.39 is 0 Å². The second-order valence-corrected chi connectivity index (χ2v) is 4.85. The molecule has 0 aromatic rings. The van der Waals surface area contributed by atoms with Crippen LogP contribution in [0.25, 0.3) is 0 Å². The van der Waals surface area contributed by atoms with E-state index >= 15 is 0 Å². The highest BCUT2D eigenvalue weighted by Crippen LogP contribution is 2.26. The quantitative estimate of drug-likeness (QED) is 0.759. The molecule has 0 radical (unpaired) electrons. The van der Waals surface area contributed by atoms with E-state index in [-0.39, 0.29) is 0 Å². The zero-order valence-electron chi connectivity index (χ0n) is 10.0. The van der Waals surface area contributed by atoms with Crippen molar-refractivity contribution in [3.63, 3.8) is 0 Å². The largest absolute Gasteiger partial charge is 0.375 e. The Morgan fingerprint density at radius 3 is 2.40 bits per heavy atom. The Hall–Kier alpha value is -0.120. The van der Waals surface area contributed by atoms with E-state index in [4.69, 9.17) is 4.74 Å². The predicted molar refractivity (Wildman–Crippen MR) is 62.1 cm³/mol. The van der Waals surface area contributed by atoms with Crippen LogP contribution in [-0.2, 0) is 4.74 Å². The van der Waals surface area contributed by atoms with Crippen LogP contribution < -0.4 is 5.32 Å². The maximum Gasteiger partial charge on any atom is 0.0608 e. The van der Waals surface area contributed by atoms with Crippen molar-refractivity contribution in [2.75, 3.05) is 26.7 Å². The lowest BCUT2D eigenvalue weighted by Crippen LogP contribution is -2.47. The van der Waals surface area contributed by atoms with Crippen LogP contribution in [0.1, 0.15) is 32.6 Å². The molecule has 1 heterocycles. The van der Waals surface area contributed by atoms with Gasteiger partial charge in [0.1, 0.15) is 0 Å². The lowest BCUT2D eigenvalue weighted by Gasteiger charge is -2.39. The molecule has 0 unspecified atom stereocenters. The minimum absolute atomic E-state index is 0.538. The number of hydrogen-bond donors (Lipinski definition) is 1. The van der Waals surface area contributed by atoms with Gasteiger partial charge in [-0.05, 0) is 39.3 Å². The molecule has 1 aliphatic carbocycles. The number of piperidine rings is 1. The van der Waals surface area contributed by atoms with Gasteiger partial charge in [-0.2, -0.15) is 0 Å². The van der Waals surface area contributed by atoms with Crippen molar-refractivity contribution in [3.05, 3.63) is 0 Å². The first-order chi connectivity index (χ1) is 7.31. The maximum absolute atomic E-state index is 6.09. The number of rotatable bonds is 4. The smallest absolute Gasteiger partial charge is 0.0608 e. The highest BCUT2D eigenvalue weighted by molar-refractivity contribution is 4.86. The lowest BCUT2D eigenvalue weighted by molar-refractivity contribution is -0.0829. The van der Waals surface area contributed by atoms with Crippen molar-refractivity contribution in [2.45, 2.75) is 50.9 Å². The van der Waals surface area contributed by atoms with Crippen LogP contribution in [0, 0.1) is 0 Å². The number of hydrogen-bond acceptors (Lipinski definition) is 3. The summed E-state index contributed by atoms with van der Waals surface area (Å²) in [4.78, 5) is 2.51. The number of nitrogens with zero attached hydrogens (tertiary/aromatic N) is 1. The summed E-state index contributed by atoms with van der Waals surface area (Å²) in [7, 11) is 2.04. The molecule has 0 aromatic heterocycles. The SMILES string of the molecule is CCN1CCC(OC2CC(NC)C2)CC1. The van der Waals surface area contributed by atoms with Gasteiger partial charge in [0, 0.05) is 19.1 Å². The second-order valence-electron chi connectivity index (χ2n) is 4.85. The van der Waals surface area contributed by atoms with Gasteiger partial charge in [-0.3, -0.25) is 0 Å². The van der Waals surface area contributed by atoms with E-state index in [2.05, 4.69) is 17.1 Å². The summed E-state index contributed by atoms with van der Waals surface area (Å²) in [5, 5.41) is 3.30. The molecule has 0 bridgehead atoms. The van der Waals surface area contributed by atoms with Crippen LogP contribution in [0.2, 0.25) is 0 Å². The number of likely N-dealkylation sites (tertiary alicyclic amines) is 1. The minimum atomic E-state index is 0.538. The summed E-state index contributed by atoms with van der Waals surface area (Å²) < 4.78 is 6.09. The molecule has 3 heteroatoms. The summed E-state index contributed by atoms with van der Waals surface area (Å²) in [5.41, 5.74) is 0. The zero-order chi connectivity index (χ0) is 10.7. The fourth-order valence-electron chi connectivity index (χ4n) is 2.55. The van der Waals surface area contributed by atoms with Gasteiger partial charge >= 0.3 is 0 Å². The average molecular weight is 212 g/mol. The monoisotopic (exact) mass is 212 g/mol. The molecule has 88 valence electrons. The van der Waals surface area contributed by atoms with Gasteiger partial charge in [0.2, 0.25) is 0 Å². The van der Waals surface area contributed by atoms with Crippen molar-refractivity contribution >= 4 is 0 Å². The van der Waals surface area contributed by atoms with Crippen LogP contribution >= 0.6 is 0 Å². The normalized spacial score (nSPS) is 34.0. The Bertz CT molecular complexity index is 184. The molecule has 2 aliphatic rings.